The summed E-state index contributed by atoms with van der Waals surface area (Å²) in [5.74, 6) is -1.11. The molecular weight excluding hydrogens is 275 g/mol. The topological polar surface area (TPSA) is 86.3 Å². The summed E-state index contributed by atoms with van der Waals surface area (Å²) in [6, 6.07) is 0.900. The number of hydrogen-bond donors (Lipinski definition) is 0. The van der Waals surface area contributed by atoms with Gasteiger partial charge in [0, 0.05) is 6.07 Å². The van der Waals surface area contributed by atoms with E-state index in [2.05, 4.69) is 15.9 Å². The molecule has 15 heavy (non-hydrogen) atoms. The second-order valence-corrected chi connectivity index (χ2v) is 3.53. The summed E-state index contributed by atoms with van der Waals surface area (Å²) in [4.78, 5) is 19.2. The molecule has 0 atom stereocenters. The van der Waals surface area contributed by atoms with E-state index in [0.29, 0.717) is 0 Å². The Hall–Kier alpha value is -1.57. The number of hydrogen-bond acceptors (Lipinski definition) is 4. The fraction of sp³-hybridized carbons (Fsp3) is 0.143. The van der Waals surface area contributed by atoms with Gasteiger partial charge in [-0.1, -0.05) is 0 Å². The fourth-order valence-electron chi connectivity index (χ4n) is 1.10. The van der Waals surface area contributed by atoms with Crippen LogP contribution in [-0.4, -0.2) is 9.85 Å². The maximum absolute atomic E-state index is 13.2. The minimum atomic E-state index is -1.11. The molecule has 0 spiro atoms. The summed E-state index contributed by atoms with van der Waals surface area (Å²) in [6.45, 7) is 1.13. The van der Waals surface area contributed by atoms with Crippen molar-refractivity contribution < 1.29 is 14.2 Å². The van der Waals surface area contributed by atoms with Crippen molar-refractivity contribution in [2.24, 2.45) is 0 Å². The van der Waals surface area contributed by atoms with E-state index in [1.807, 2.05) is 0 Å². The van der Waals surface area contributed by atoms with Gasteiger partial charge in [-0.05, 0) is 22.9 Å². The first-order valence-electron chi connectivity index (χ1n) is 3.63. The van der Waals surface area contributed by atoms with Gasteiger partial charge in [-0.3, -0.25) is 20.2 Å². The summed E-state index contributed by atoms with van der Waals surface area (Å²) in [5, 5.41) is 21.0. The zero-order chi connectivity index (χ0) is 11.7. The minimum absolute atomic E-state index is 0.300. The highest BCUT2D eigenvalue weighted by molar-refractivity contribution is 9.10. The molecule has 0 unspecified atom stereocenters. The molecule has 0 radical (unpaired) electrons. The molecule has 0 N–H and O–H groups in total. The Balaban J connectivity index is 3.63. The van der Waals surface area contributed by atoms with Crippen molar-refractivity contribution in [3.8, 4) is 0 Å². The largest absolute Gasteiger partial charge is 0.315 e. The fourth-order valence-corrected chi connectivity index (χ4v) is 1.50. The summed E-state index contributed by atoms with van der Waals surface area (Å²) in [5.41, 5.74) is -1.67. The van der Waals surface area contributed by atoms with Crippen LogP contribution in [0.1, 0.15) is 5.56 Å². The number of halogens is 2. The average Bonchev–Trinajstić information content (AvgIpc) is 2.10. The van der Waals surface area contributed by atoms with Crippen LogP contribution in [0.25, 0.3) is 0 Å². The molecule has 0 aliphatic rings. The normalized spacial score (nSPS) is 10.1. The molecule has 1 aromatic carbocycles. The maximum Gasteiger partial charge on any atom is 0.315 e. The Labute approximate surface area is 91.1 Å². The zero-order valence-corrected chi connectivity index (χ0v) is 8.95. The Morgan fingerprint density at radius 1 is 1.33 bits per heavy atom. The lowest BCUT2D eigenvalue weighted by Gasteiger charge is -2.01. The molecule has 0 amide bonds. The van der Waals surface area contributed by atoms with Crippen molar-refractivity contribution in [3.63, 3.8) is 0 Å². The molecule has 6 nitrogen and oxygen atoms in total. The van der Waals surface area contributed by atoms with E-state index in [-0.39, 0.29) is 10.0 Å². The number of benzene rings is 1. The molecule has 0 bridgehead atoms. The van der Waals surface area contributed by atoms with Gasteiger partial charge in [-0.25, -0.2) is 0 Å². The summed E-state index contributed by atoms with van der Waals surface area (Å²) in [6.07, 6.45) is 0. The van der Waals surface area contributed by atoms with Crippen molar-refractivity contribution >= 4 is 27.3 Å². The zero-order valence-electron chi connectivity index (χ0n) is 7.36. The van der Waals surface area contributed by atoms with Gasteiger partial charge in [-0.2, -0.15) is 4.39 Å². The lowest BCUT2D eigenvalue weighted by atomic mass is 10.1. The number of nitro benzene ring substituents is 2. The third kappa shape index (κ3) is 1.94. The SMILES string of the molecule is Cc1c([N+](=O)[O-])cc(Br)c(F)c1[N+](=O)[O-]. The van der Waals surface area contributed by atoms with Crippen molar-refractivity contribution in [2.75, 3.05) is 0 Å². The van der Waals surface area contributed by atoms with Crippen LogP contribution >= 0.6 is 15.9 Å². The van der Waals surface area contributed by atoms with Crippen LogP contribution in [0.15, 0.2) is 10.5 Å². The molecule has 0 aliphatic heterocycles. The van der Waals surface area contributed by atoms with Crippen molar-refractivity contribution in [1.29, 1.82) is 0 Å². The molecule has 0 saturated carbocycles. The van der Waals surface area contributed by atoms with E-state index in [4.69, 9.17) is 0 Å². The van der Waals surface area contributed by atoms with Gasteiger partial charge in [0.1, 0.15) is 5.56 Å². The first-order valence-corrected chi connectivity index (χ1v) is 4.43. The molecule has 80 valence electrons. The maximum atomic E-state index is 13.2. The van der Waals surface area contributed by atoms with Gasteiger partial charge < -0.3 is 0 Å². The molecule has 0 fully saturated rings. The molecule has 0 saturated heterocycles. The van der Waals surface area contributed by atoms with Crippen LogP contribution in [0.3, 0.4) is 0 Å². The predicted molar refractivity (Wildman–Crippen MR) is 52.1 cm³/mol. The molecule has 0 heterocycles. The van der Waals surface area contributed by atoms with Crippen LogP contribution in [-0.2, 0) is 0 Å². The predicted octanol–water partition coefficient (Wildman–Crippen LogP) is 2.71. The lowest BCUT2D eigenvalue weighted by Crippen LogP contribution is -2.01. The highest BCUT2D eigenvalue weighted by Crippen LogP contribution is 2.35. The number of nitrogens with zero attached hydrogens (tertiary/aromatic N) is 2. The van der Waals surface area contributed by atoms with Crippen LogP contribution in [0.5, 0.6) is 0 Å². The first kappa shape index (κ1) is 11.5. The highest BCUT2D eigenvalue weighted by atomic mass is 79.9. The third-order valence-corrected chi connectivity index (χ3v) is 2.38. The minimum Gasteiger partial charge on any atom is -0.258 e. The van der Waals surface area contributed by atoms with Gasteiger partial charge in [0.05, 0.1) is 14.3 Å². The van der Waals surface area contributed by atoms with E-state index >= 15 is 0 Å². The molecule has 1 aromatic rings. The number of rotatable bonds is 2. The Morgan fingerprint density at radius 2 is 1.87 bits per heavy atom. The van der Waals surface area contributed by atoms with Crippen LogP contribution in [0.4, 0.5) is 15.8 Å². The van der Waals surface area contributed by atoms with Crippen LogP contribution in [0.2, 0.25) is 0 Å². The van der Waals surface area contributed by atoms with Gasteiger partial charge in [0.15, 0.2) is 0 Å². The Kier molecular flexibility index (Phi) is 2.98. The molecule has 0 aliphatic carbocycles. The van der Waals surface area contributed by atoms with Crippen LogP contribution in [0, 0.1) is 33.0 Å². The Morgan fingerprint density at radius 3 is 2.27 bits per heavy atom. The average molecular weight is 279 g/mol. The Bertz CT molecular complexity index is 463. The highest BCUT2D eigenvalue weighted by Gasteiger charge is 2.28. The lowest BCUT2D eigenvalue weighted by molar-refractivity contribution is -0.397. The van der Waals surface area contributed by atoms with Gasteiger partial charge in [0.25, 0.3) is 5.69 Å². The summed E-state index contributed by atoms with van der Waals surface area (Å²) < 4.78 is 12.9. The second-order valence-electron chi connectivity index (χ2n) is 2.68. The molecular formula is C7H4BrFN2O4. The van der Waals surface area contributed by atoms with Gasteiger partial charge >= 0.3 is 5.69 Å². The third-order valence-electron chi connectivity index (χ3n) is 1.80. The van der Waals surface area contributed by atoms with Crippen LogP contribution < -0.4 is 0 Å². The molecule has 1 rings (SSSR count). The number of nitro groups is 2. The quantitative estimate of drug-likeness (QED) is 0.615. The summed E-state index contributed by atoms with van der Waals surface area (Å²) in [7, 11) is 0. The van der Waals surface area contributed by atoms with Crippen molar-refractivity contribution in [3.05, 3.63) is 42.1 Å². The van der Waals surface area contributed by atoms with E-state index in [1.165, 1.54) is 0 Å². The van der Waals surface area contributed by atoms with Gasteiger partial charge in [0.2, 0.25) is 5.82 Å². The van der Waals surface area contributed by atoms with E-state index in [9.17, 15) is 24.6 Å². The first-order chi connectivity index (χ1) is 6.86. The monoisotopic (exact) mass is 278 g/mol. The molecule has 0 aromatic heterocycles. The van der Waals surface area contributed by atoms with Crippen molar-refractivity contribution in [1.82, 2.24) is 0 Å². The van der Waals surface area contributed by atoms with Crippen molar-refractivity contribution in [2.45, 2.75) is 6.92 Å². The molecule has 8 heteroatoms. The van der Waals surface area contributed by atoms with E-state index in [0.717, 1.165) is 13.0 Å². The smallest absolute Gasteiger partial charge is 0.258 e. The summed E-state index contributed by atoms with van der Waals surface area (Å²) >= 11 is 2.68. The standard InChI is InChI=1S/C7H4BrFN2O4/c1-3-5(10(12)13)2-4(8)6(9)7(3)11(14)15/h2H,1H3. The second kappa shape index (κ2) is 3.89. The van der Waals surface area contributed by atoms with E-state index < -0.39 is 27.0 Å². The van der Waals surface area contributed by atoms with Gasteiger partial charge in [-0.15, -0.1) is 0 Å². The van der Waals surface area contributed by atoms with E-state index in [1.54, 1.807) is 0 Å².